The number of rotatable bonds is 4. The van der Waals surface area contributed by atoms with Crippen LogP contribution in [-0.2, 0) is 0 Å². The summed E-state index contributed by atoms with van der Waals surface area (Å²) in [5.41, 5.74) is -0.0697. The molecule has 0 spiro atoms. The Morgan fingerprint density at radius 2 is 2.29 bits per heavy atom. The summed E-state index contributed by atoms with van der Waals surface area (Å²) in [5.74, 6) is 1.17. The normalized spacial score (nSPS) is 19.6. The molecule has 7 nitrogen and oxygen atoms in total. The van der Waals surface area contributed by atoms with E-state index in [4.69, 9.17) is 0 Å². The van der Waals surface area contributed by atoms with E-state index in [1.165, 1.54) is 12.4 Å². The highest BCUT2D eigenvalue weighted by Gasteiger charge is 2.24. The zero-order valence-corrected chi connectivity index (χ0v) is 9.67. The third-order valence-electron chi connectivity index (χ3n) is 2.90. The lowest BCUT2D eigenvalue weighted by molar-refractivity contribution is -0.385. The van der Waals surface area contributed by atoms with Gasteiger partial charge in [-0.1, -0.05) is 0 Å². The summed E-state index contributed by atoms with van der Waals surface area (Å²) in [5, 5.41) is 13.6. The van der Waals surface area contributed by atoms with Crippen LogP contribution in [0.5, 0.6) is 0 Å². The van der Waals surface area contributed by atoms with Crippen LogP contribution in [0.2, 0.25) is 0 Å². The smallest absolute Gasteiger partial charge is 0.305 e. The summed E-state index contributed by atoms with van der Waals surface area (Å²) in [4.78, 5) is 20.1. The lowest BCUT2D eigenvalue weighted by Gasteiger charge is -2.15. The maximum absolute atomic E-state index is 10.5. The first kappa shape index (κ1) is 11.7. The van der Waals surface area contributed by atoms with E-state index in [0.717, 1.165) is 26.1 Å². The van der Waals surface area contributed by atoms with E-state index in [1.54, 1.807) is 0 Å². The molecular formula is C10H15N5O2. The van der Waals surface area contributed by atoms with Gasteiger partial charge in [-0.15, -0.1) is 0 Å². The molecule has 1 aliphatic heterocycles. The summed E-state index contributed by atoms with van der Waals surface area (Å²) < 4.78 is 0. The fourth-order valence-corrected chi connectivity index (χ4v) is 2.04. The first-order valence-corrected chi connectivity index (χ1v) is 5.56. The number of hydrogen-bond acceptors (Lipinski definition) is 6. The highest BCUT2D eigenvalue weighted by atomic mass is 16.6. The highest BCUT2D eigenvalue weighted by molar-refractivity contribution is 5.35. The molecule has 1 fully saturated rings. The molecule has 7 heteroatoms. The number of anilines is 1. The summed E-state index contributed by atoms with van der Waals surface area (Å²) >= 11 is 0. The molecule has 0 saturated carbocycles. The summed E-state index contributed by atoms with van der Waals surface area (Å²) in [6.07, 6.45) is 3.61. The Balaban J connectivity index is 2.01. The zero-order valence-electron chi connectivity index (χ0n) is 9.67. The molecule has 0 amide bonds. The monoisotopic (exact) mass is 237 g/mol. The lowest BCUT2D eigenvalue weighted by Crippen LogP contribution is -2.25. The van der Waals surface area contributed by atoms with Gasteiger partial charge in [0, 0.05) is 13.1 Å². The molecule has 92 valence electrons. The third-order valence-corrected chi connectivity index (χ3v) is 2.90. The molecule has 1 saturated heterocycles. The first-order valence-electron chi connectivity index (χ1n) is 5.56. The molecule has 0 aromatic carbocycles. The van der Waals surface area contributed by atoms with E-state index >= 15 is 0 Å². The Morgan fingerprint density at radius 3 is 2.88 bits per heavy atom. The molecule has 1 aromatic heterocycles. The topological polar surface area (TPSA) is 84.2 Å². The molecule has 1 N–H and O–H groups in total. The number of nitro groups is 1. The van der Waals surface area contributed by atoms with E-state index in [-0.39, 0.29) is 5.69 Å². The van der Waals surface area contributed by atoms with Crippen LogP contribution >= 0.6 is 0 Å². The minimum atomic E-state index is -0.489. The van der Waals surface area contributed by atoms with E-state index in [1.807, 2.05) is 7.05 Å². The van der Waals surface area contributed by atoms with Crippen LogP contribution in [0, 0.1) is 16.0 Å². The summed E-state index contributed by atoms with van der Waals surface area (Å²) in [6.45, 7) is 2.78. The Bertz CT molecular complexity index is 394. The zero-order chi connectivity index (χ0) is 12.3. The van der Waals surface area contributed by atoms with Crippen LogP contribution in [0.1, 0.15) is 6.42 Å². The average Bonchev–Trinajstić information content (AvgIpc) is 2.78. The summed E-state index contributed by atoms with van der Waals surface area (Å²) in [7, 11) is 1.94. The van der Waals surface area contributed by atoms with Gasteiger partial charge < -0.3 is 10.2 Å². The Labute approximate surface area is 99.0 Å². The molecule has 17 heavy (non-hydrogen) atoms. The number of nitrogens with one attached hydrogen (secondary N) is 1. The van der Waals surface area contributed by atoms with Crippen molar-refractivity contribution < 1.29 is 4.92 Å². The van der Waals surface area contributed by atoms with Crippen molar-refractivity contribution in [3.05, 3.63) is 22.5 Å². The highest BCUT2D eigenvalue weighted by Crippen LogP contribution is 2.20. The molecule has 2 heterocycles. The molecule has 1 aliphatic rings. The van der Waals surface area contributed by atoms with Crippen molar-refractivity contribution >= 4 is 11.6 Å². The first-order chi connectivity index (χ1) is 8.20. The van der Waals surface area contributed by atoms with Gasteiger partial charge in [-0.05, 0) is 25.9 Å². The van der Waals surface area contributed by atoms with Crippen molar-refractivity contribution in [2.45, 2.75) is 6.42 Å². The number of aromatic nitrogens is 2. The van der Waals surface area contributed by atoms with E-state index in [2.05, 4.69) is 20.2 Å². The number of nitrogens with zero attached hydrogens (tertiary/aromatic N) is 4. The van der Waals surface area contributed by atoms with Gasteiger partial charge in [0.15, 0.2) is 0 Å². The Hall–Kier alpha value is -1.76. The minimum Gasteiger partial charge on any atom is -0.340 e. The molecule has 0 bridgehead atoms. The van der Waals surface area contributed by atoms with Gasteiger partial charge in [-0.3, -0.25) is 10.1 Å². The van der Waals surface area contributed by atoms with Gasteiger partial charge in [-0.25, -0.2) is 9.97 Å². The molecule has 1 atom stereocenters. The third kappa shape index (κ3) is 2.68. The van der Waals surface area contributed by atoms with Crippen molar-refractivity contribution in [3.63, 3.8) is 0 Å². The van der Waals surface area contributed by atoms with Crippen LogP contribution in [0.3, 0.4) is 0 Å². The van der Waals surface area contributed by atoms with Gasteiger partial charge in [0.2, 0.25) is 5.95 Å². The van der Waals surface area contributed by atoms with Crippen LogP contribution in [0.15, 0.2) is 12.4 Å². The van der Waals surface area contributed by atoms with Gasteiger partial charge in [0.25, 0.3) is 0 Å². The predicted molar refractivity (Wildman–Crippen MR) is 62.9 cm³/mol. The van der Waals surface area contributed by atoms with E-state index in [9.17, 15) is 10.1 Å². The van der Waals surface area contributed by atoms with Gasteiger partial charge in [0.05, 0.1) is 4.92 Å². The van der Waals surface area contributed by atoms with Crippen molar-refractivity contribution in [3.8, 4) is 0 Å². The van der Waals surface area contributed by atoms with Crippen LogP contribution < -0.4 is 10.2 Å². The van der Waals surface area contributed by atoms with Gasteiger partial charge in [0.1, 0.15) is 12.4 Å². The SMILES string of the molecule is CNCC1CCN(c2ncc([N+](=O)[O-])cn2)C1. The molecule has 2 rings (SSSR count). The van der Waals surface area contributed by atoms with Crippen LogP contribution in [0.4, 0.5) is 11.6 Å². The minimum absolute atomic E-state index is 0.0697. The Morgan fingerprint density at radius 1 is 1.59 bits per heavy atom. The van der Waals surface area contributed by atoms with Gasteiger partial charge >= 0.3 is 5.69 Å². The second-order valence-electron chi connectivity index (χ2n) is 4.16. The van der Waals surface area contributed by atoms with Crippen LogP contribution in [-0.4, -0.2) is 41.6 Å². The Kier molecular flexibility index (Phi) is 3.48. The van der Waals surface area contributed by atoms with Crippen LogP contribution in [0.25, 0.3) is 0 Å². The standard InChI is InChI=1S/C10H15N5O2/c1-11-4-8-2-3-14(7-8)10-12-5-9(6-13-10)15(16)17/h5-6,8,11H,2-4,7H2,1H3. The van der Waals surface area contributed by atoms with E-state index < -0.39 is 4.92 Å². The maximum atomic E-state index is 10.5. The van der Waals surface area contributed by atoms with Crippen molar-refractivity contribution in [2.75, 3.05) is 31.6 Å². The molecule has 1 aromatic rings. The van der Waals surface area contributed by atoms with Crippen molar-refractivity contribution in [2.24, 2.45) is 5.92 Å². The quantitative estimate of drug-likeness (QED) is 0.604. The molecule has 0 aliphatic carbocycles. The van der Waals surface area contributed by atoms with Crippen molar-refractivity contribution in [1.82, 2.24) is 15.3 Å². The largest absolute Gasteiger partial charge is 0.340 e. The average molecular weight is 237 g/mol. The predicted octanol–water partition coefficient (Wildman–Crippen LogP) is 0.430. The van der Waals surface area contributed by atoms with E-state index in [0.29, 0.717) is 11.9 Å². The number of hydrogen-bond donors (Lipinski definition) is 1. The molecular weight excluding hydrogens is 222 g/mol. The summed E-state index contributed by atoms with van der Waals surface area (Å²) in [6, 6.07) is 0. The second-order valence-corrected chi connectivity index (χ2v) is 4.16. The molecule has 1 unspecified atom stereocenters. The maximum Gasteiger partial charge on any atom is 0.305 e. The van der Waals surface area contributed by atoms with Gasteiger partial charge in [-0.2, -0.15) is 0 Å². The molecule has 0 radical (unpaired) electrons. The fraction of sp³-hybridized carbons (Fsp3) is 0.600. The fourth-order valence-electron chi connectivity index (χ4n) is 2.04. The van der Waals surface area contributed by atoms with Crippen molar-refractivity contribution in [1.29, 1.82) is 0 Å². The lowest BCUT2D eigenvalue weighted by atomic mass is 10.1. The second kappa shape index (κ2) is 5.05.